The molecule has 0 bridgehead atoms. The fourth-order valence-electron chi connectivity index (χ4n) is 1.01. The lowest BCUT2D eigenvalue weighted by atomic mass is 10.2. The maximum atomic E-state index is 13.2. The van der Waals surface area contributed by atoms with Gasteiger partial charge >= 0.3 is 12.5 Å². The minimum Gasteiger partial charge on any atom is -0.388 e. The van der Waals surface area contributed by atoms with E-state index in [2.05, 4.69) is 9.72 Å². The monoisotopic (exact) mass is 297 g/mol. The molecule has 1 aromatic rings. The highest BCUT2D eigenvalue weighted by molar-refractivity contribution is 6.17. The van der Waals surface area contributed by atoms with Gasteiger partial charge in [0.05, 0.1) is 5.88 Å². The van der Waals surface area contributed by atoms with E-state index in [1.165, 1.54) is 0 Å². The van der Waals surface area contributed by atoms with Gasteiger partial charge < -0.3 is 4.74 Å². The van der Waals surface area contributed by atoms with Crippen LogP contribution in [0.15, 0.2) is 6.07 Å². The molecule has 0 fully saturated rings. The Kier molecular flexibility index (Phi) is 3.94. The van der Waals surface area contributed by atoms with Crippen molar-refractivity contribution in [1.29, 1.82) is 0 Å². The Morgan fingerprint density at radius 2 is 1.72 bits per heavy atom. The Bertz CT molecular complexity index is 442. The van der Waals surface area contributed by atoms with Crippen molar-refractivity contribution < 1.29 is 35.5 Å². The van der Waals surface area contributed by atoms with E-state index in [-0.39, 0.29) is 0 Å². The van der Waals surface area contributed by atoms with Crippen LogP contribution in [0.2, 0.25) is 0 Å². The molecule has 102 valence electrons. The summed E-state index contributed by atoms with van der Waals surface area (Å²) in [5, 5.41) is 0. The first kappa shape index (κ1) is 14.8. The van der Waals surface area contributed by atoms with Gasteiger partial charge in [0.15, 0.2) is 11.5 Å². The molecule has 0 aliphatic rings. The molecular weight excluding hydrogens is 295 g/mol. The second-order valence-corrected chi connectivity index (χ2v) is 3.23. The van der Waals surface area contributed by atoms with Crippen LogP contribution in [0, 0.1) is 5.82 Å². The Labute approximate surface area is 100 Å². The Morgan fingerprint density at radius 3 is 2.11 bits per heavy atom. The number of halogens is 8. The third-order valence-electron chi connectivity index (χ3n) is 1.64. The first-order chi connectivity index (χ1) is 8.04. The molecule has 10 heteroatoms. The Hall–Kier alpha value is -1.25. The molecule has 0 radical (unpaired) electrons. The van der Waals surface area contributed by atoms with Crippen molar-refractivity contribution in [2.24, 2.45) is 0 Å². The fourth-order valence-corrected chi connectivity index (χ4v) is 1.21. The number of nitrogens with zero attached hydrogens (tertiary/aromatic N) is 1. The lowest BCUT2D eigenvalue weighted by Gasteiger charge is -2.13. The second-order valence-electron chi connectivity index (χ2n) is 2.96. The van der Waals surface area contributed by atoms with Crippen LogP contribution in [-0.2, 0) is 12.1 Å². The molecule has 2 nitrogen and oxygen atoms in total. The topological polar surface area (TPSA) is 22.1 Å². The van der Waals surface area contributed by atoms with Gasteiger partial charge in [-0.1, -0.05) is 0 Å². The van der Waals surface area contributed by atoms with Crippen molar-refractivity contribution >= 4 is 11.6 Å². The molecule has 0 unspecified atom stereocenters. The SMILES string of the molecule is Fc1c(CCl)cc(OC(F)(F)F)nc1C(F)(F)F. The molecular formula is C8H3ClF7NO. The molecule has 1 aromatic heterocycles. The molecule has 0 aliphatic carbocycles. The van der Waals surface area contributed by atoms with Crippen molar-refractivity contribution in [2.75, 3.05) is 0 Å². The average Bonchev–Trinajstić information content (AvgIpc) is 2.16. The highest BCUT2D eigenvalue weighted by atomic mass is 35.5. The Morgan fingerprint density at radius 1 is 1.17 bits per heavy atom. The number of rotatable bonds is 2. The predicted octanol–water partition coefficient (Wildman–Crippen LogP) is 3.88. The number of aromatic nitrogens is 1. The lowest BCUT2D eigenvalue weighted by molar-refractivity contribution is -0.276. The summed E-state index contributed by atoms with van der Waals surface area (Å²) in [6.45, 7) is 0. The van der Waals surface area contributed by atoms with E-state index in [9.17, 15) is 30.7 Å². The lowest BCUT2D eigenvalue weighted by Crippen LogP contribution is -2.20. The van der Waals surface area contributed by atoms with Crippen LogP contribution in [0.4, 0.5) is 30.7 Å². The zero-order valence-corrected chi connectivity index (χ0v) is 8.92. The zero-order chi connectivity index (χ0) is 14.1. The third-order valence-corrected chi connectivity index (χ3v) is 1.93. The van der Waals surface area contributed by atoms with Crippen molar-refractivity contribution in [3.63, 3.8) is 0 Å². The summed E-state index contributed by atoms with van der Waals surface area (Å²) >= 11 is 5.13. The van der Waals surface area contributed by atoms with E-state index in [1.54, 1.807) is 0 Å². The summed E-state index contributed by atoms with van der Waals surface area (Å²) in [5.74, 6) is -4.01. The van der Waals surface area contributed by atoms with Crippen molar-refractivity contribution in [3.8, 4) is 5.88 Å². The number of hydrogen-bond donors (Lipinski definition) is 0. The molecule has 18 heavy (non-hydrogen) atoms. The molecule has 0 atom stereocenters. The molecule has 0 spiro atoms. The van der Waals surface area contributed by atoms with E-state index in [4.69, 9.17) is 11.6 Å². The van der Waals surface area contributed by atoms with E-state index in [0.29, 0.717) is 6.07 Å². The maximum absolute atomic E-state index is 13.2. The third kappa shape index (κ3) is 3.62. The summed E-state index contributed by atoms with van der Waals surface area (Å²) < 4.78 is 88.8. The van der Waals surface area contributed by atoms with E-state index in [1.807, 2.05) is 0 Å². The molecule has 0 saturated carbocycles. The van der Waals surface area contributed by atoms with Crippen molar-refractivity contribution in [2.45, 2.75) is 18.4 Å². The molecule has 0 saturated heterocycles. The van der Waals surface area contributed by atoms with Gasteiger partial charge in [-0.2, -0.15) is 13.2 Å². The summed E-state index contributed by atoms with van der Waals surface area (Å²) in [4.78, 5) is 2.44. The normalized spacial score (nSPS) is 12.7. The standard InChI is InChI=1S/C8H3ClF7NO/c9-2-3-1-4(18-8(14,15)16)17-6(5(3)10)7(11,12)13/h1H,2H2. The predicted molar refractivity (Wildman–Crippen MR) is 45.4 cm³/mol. The van der Waals surface area contributed by atoms with Crippen LogP contribution in [-0.4, -0.2) is 11.3 Å². The summed E-state index contributed by atoms with van der Waals surface area (Å²) in [7, 11) is 0. The number of ether oxygens (including phenoxy) is 1. The Balaban J connectivity index is 3.31. The van der Waals surface area contributed by atoms with Gasteiger partial charge in [0.1, 0.15) is 0 Å². The minimum atomic E-state index is -5.25. The van der Waals surface area contributed by atoms with Gasteiger partial charge in [0.25, 0.3) is 0 Å². The number of pyridine rings is 1. The number of alkyl halides is 7. The highest BCUT2D eigenvalue weighted by Crippen LogP contribution is 2.34. The molecule has 1 rings (SSSR count). The maximum Gasteiger partial charge on any atom is 0.574 e. The summed E-state index contributed by atoms with van der Waals surface area (Å²) in [6.07, 6.45) is -10.5. The largest absolute Gasteiger partial charge is 0.574 e. The quantitative estimate of drug-likeness (QED) is 0.610. The van der Waals surface area contributed by atoms with Crippen LogP contribution >= 0.6 is 11.6 Å². The van der Waals surface area contributed by atoms with Gasteiger partial charge in [0.2, 0.25) is 5.88 Å². The van der Waals surface area contributed by atoms with Crippen LogP contribution in [0.25, 0.3) is 0 Å². The van der Waals surface area contributed by atoms with Gasteiger partial charge in [-0.3, -0.25) is 0 Å². The average molecular weight is 298 g/mol. The van der Waals surface area contributed by atoms with E-state index in [0.717, 1.165) is 0 Å². The van der Waals surface area contributed by atoms with E-state index < -0.39 is 41.4 Å². The van der Waals surface area contributed by atoms with Crippen molar-refractivity contribution in [3.05, 3.63) is 23.1 Å². The molecule has 0 aliphatic heterocycles. The molecule has 1 heterocycles. The van der Waals surface area contributed by atoms with E-state index >= 15 is 0 Å². The van der Waals surface area contributed by atoms with Gasteiger partial charge in [-0.05, 0) is 0 Å². The van der Waals surface area contributed by atoms with Crippen LogP contribution < -0.4 is 4.74 Å². The summed E-state index contributed by atoms with van der Waals surface area (Å²) in [6, 6.07) is 0.352. The summed E-state index contributed by atoms with van der Waals surface area (Å²) in [5.41, 5.74) is -2.90. The van der Waals surface area contributed by atoms with Crippen molar-refractivity contribution in [1.82, 2.24) is 4.98 Å². The zero-order valence-electron chi connectivity index (χ0n) is 8.16. The fraction of sp³-hybridized carbons (Fsp3) is 0.375. The minimum absolute atomic E-state index is 0.352. The highest BCUT2D eigenvalue weighted by Gasteiger charge is 2.39. The van der Waals surface area contributed by atoms with Gasteiger partial charge in [-0.25, -0.2) is 9.37 Å². The molecule has 0 N–H and O–H groups in total. The van der Waals surface area contributed by atoms with Crippen LogP contribution in [0.3, 0.4) is 0 Å². The second kappa shape index (κ2) is 4.79. The molecule has 0 aromatic carbocycles. The van der Waals surface area contributed by atoms with Crippen LogP contribution in [0.5, 0.6) is 5.88 Å². The first-order valence-corrected chi connectivity index (χ1v) is 4.66. The first-order valence-electron chi connectivity index (χ1n) is 4.13. The van der Waals surface area contributed by atoms with Gasteiger partial charge in [0, 0.05) is 11.6 Å². The van der Waals surface area contributed by atoms with Gasteiger partial charge in [-0.15, -0.1) is 24.8 Å². The number of hydrogen-bond acceptors (Lipinski definition) is 2. The molecule has 0 amide bonds. The van der Waals surface area contributed by atoms with Crippen LogP contribution in [0.1, 0.15) is 11.3 Å². The smallest absolute Gasteiger partial charge is 0.388 e.